The fourth-order valence-corrected chi connectivity index (χ4v) is 4.51. The number of nitrogens with zero attached hydrogens (tertiary/aromatic N) is 1. The Morgan fingerprint density at radius 2 is 1.57 bits per heavy atom. The molecule has 0 fully saturated rings. The summed E-state index contributed by atoms with van der Waals surface area (Å²) in [5, 5.41) is 11.0. The minimum Gasteiger partial charge on any atom is -0.512 e. The van der Waals surface area contributed by atoms with E-state index in [1.54, 1.807) is 0 Å². The van der Waals surface area contributed by atoms with Crippen LogP contribution in [0.15, 0.2) is 54.3 Å². The first-order valence-electron chi connectivity index (χ1n) is 13.5. The summed E-state index contributed by atoms with van der Waals surface area (Å²) in [6.07, 6.45) is 8.22. The van der Waals surface area contributed by atoms with Crippen molar-refractivity contribution >= 4 is 16.7 Å². The van der Waals surface area contributed by atoms with E-state index in [0.717, 1.165) is 36.9 Å². The second-order valence-electron chi connectivity index (χ2n) is 10.00. The van der Waals surface area contributed by atoms with Crippen molar-refractivity contribution in [2.24, 2.45) is 11.8 Å². The molecule has 2 aromatic carbocycles. The van der Waals surface area contributed by atoms with Crippen LogP contribution >= 0.6 is 0 Å². The third-order valence-electron chi connectivity index (χ3n) is 6.88. The molecule has 4 heteroatoms. The smallest absolute Gasteiger partial charge is 0.162 e. The fourth-order valence-electron chi connectivity index (χ4n) is 4.51. The van der Waals surface area contributed by atoms with Crippen molar-refractivity contribution in [3.8, 4) is 5.69 Å². The molecule has 1 aromatic heterocycles. The number of carbonyl (C=O) groups excluding carboxylic acids is 1. The summed E-state index contributed by atoms with van der Waals surface area (Å²) in [5.41, 5.74) is 5.99. The van der Waals surface area contributed by atoms with Gasteiger partial charge in [-0.15, -0.1) is 12.1 Å². The molecule has 203 valence electrons. The number of aliphatic hydroxyl groups excluding tert-OH is 1. The van der Waals surface area contributed by atoms with Gasteiger partial charge in [0.25, 0.3) is 0 Å². The van der Waals surface area contributed by atoms with Crippen LogP contribution < -0.4 is 4.57 Å². The molecule has 0 saturated carbocycles. The van der Waals surface area contributed by atoms with Crippen LogP contribution in [0.1, 0.15) is 89.8 Å². The fraction of sp³-hybridized carbons (Fsp3) is 0.455. The number of aromatic nitrogens is 1. The van der Waals surface area contributed by atoms with E-state index in [4.69, 9.17) is 0 Å². The predicted octanol–water partition coefficient (Wildman–Crippen LogP) is 8.32. The molecule has 0 spiro atoms. The van der Waals surface area contributed by atoms with Crippen LogP contribution in [-0.2, 0) is 24.9 Å². The molecular weight excluding hydrogens is 635 g/mol. The summed E-state index contributed by atoms with van der Waals surface area (Å²) in [4.78, 5) is 11.7. The van der Waals surface area contributed by atoms with Gasteiger partial charge in [0.2, 0.25) is 0 Å². The number of aliphatic hydroxyl groups is 1. The van der Waals surface area contributed by atoms with Gasteiger partial charge in [-0.05, 0) is 48.6 Å². The Kier molecular flexibility index (Phi) is 14.0. The third-order valence-corrected chi connectivity index (χ3v) is 6.88. The molecule has 1 heterocycles. The van der Waals surface area contributed by atoms with Gasteiger partial charge >= 0.3 is 0 Å². The quantitative estimate of drug-likeness (QED) is 0.107. The molecular formula is C33H44IrNO2-. The molecule has 0 aliphatic heterocycles. The topological polar surface area (TPSA) is 41.2 Å². The molecule has 0 bridgehead atoms. The Labute approximate surface area is 238 Å². The van der Waals surface area contributed by atoms with Gasteiger partial charge in [-0.3, -0.25) is 4.79 Å². The number of aryl methyl sites for hydroxylation is 2. The summed E-state index contributed by atoms with van der Waals surface area (Å²) in [7, 11) is 0. The maximum absolute atomic E-state index is 11.7. The van der Waals surface area contributed by atoms with Gasteiger partial charge in [0.05, 0.1) is 5.76 Å². The molecule has 3 aromatic rings. The first kappa shape index (κ1) is 32.7. The number of hydrogen-bond donors (Lipinski definition) is 1. The van der Waals surface area contributed by atoms with Crippen molar-refractivity contribution in [1.82, 2.24) is 0 Å². The van der Waals surface area contributed by atoms with E-state index in [1.165, 1.54) is 28.1 Å². The van der Waals surface area contributed by atoms with Gasteiger partial charge in [0, 0.05) is 43.7 Å². The summed E-state index contributed by atoms with van der Waals surface area (Å²) in [6.45, 7) is 16.7. The number of fused-ring (bicyclic) bond motifs is 1. The van der Waals surface area contributed by atoms with Crippen LogP contribution in [0, 0.1) is 37.9 Å². The number of hydrogen-bond acceptors (Lipinski definition) is 2. The van der Waals surface area contributed by atoms with Gasteiger partial charge in [-0.25, -0.2) is 0 Å². The summed E-state index contributed by atoms with van der Waals surface area (Å²) in [6, 6.07) is 18.5. The minimum absolute atomic E-state index is 0. The molecule has 0 amide bonds. The molecule has 1 radical (unpaired) electrons. The number of allylic oxidation sites excluding steroid dienone is 2. The van der Waals surface area contributed by atoms with Crippen molar-refractivity contribution in [1.29, 1.82) is 0 Å². The first-order valence-corrected chi connectivity index (χ1v) is 13.5. The number of rotatable bonds is 9. The summed E-state index contributed by atoms with van der Waals surface area (Å²) in [5.74, 6) is 1.09. The van der Waals surface area contributed by atoms with E-state index in [1.807, 2.05) is 33.8 Å². The maximum atomic E-state index is 11.7. The normalized spacial score (nSPS) is 11.5. The Bertz CT molecular complexity index is 1150. The molecule has 0 unspecified atom stereocenters. The van der Waals surface area contributed by atoms with Gasteiger partial charge in [-0.1, -0.05) is 73.6 Å². The van der Waals surface area contributed by atoms with Crippen LogP contribution in [0.3, 0.4) is 0 Å². The second-order valence-corrected chi connectivity index (χ2v) is 10.00. The largest absolute Gasteiger partial charge is 0.512 e. The minimum atomic E-state index is 0. The van der Waals surface area contributed by atoms with Crippen LogP contribution in [0.5, 0.6) is 0 Å². The van der Waals surface area contributed by atoms with E-state index in [-0.39, 0.29) is 43.5 Å². The summed E-state index contributed by atoms with van der Waals surface area (Å²) >= 11 is 0. The van der Waals surface area contributed by atoms with Crippen LogP contribution in [-0.4, -0.2) is 10.9 Å². The van der Waals surface area contributed by atoms with E-state index < -0.39 is 0 Å². The Morgan fingerprint density at radius 3 is 2.11 bits per heavy atom. The number of ketones is 1. The van der Waals surface area contributed by atoms with Crippen molar-refractivity contribution < 1.29 is 34.6 Å². The zero-order chi connectivity index (χ0) is 26.8. The number of benzene rings is 2. The third kappa shape index (κ3) is 9.20. The van der Waals surface area contributed by atoms with E-state index in [2.05, 4.69) is 80.9 Å². The Hall–Kier alpha value is -2.29. The molecule has 0 aliphatic carbocycles. The maximum Gasteiger partial charge on any atom is 0.162 e. The number of carbonyl (C=O) groups is 1. The van der Waals surface area contributed by atoms with Crippen LogP contribution in [0.25, 0.3) is 16.6 Å². The van der Waals surface area contributed by atoms with Crippen molar-refractivity contribution in [3.05, 3.63) is 83.3 Å². The second kappa shape index (κ2) is 15.8. The number of pyridine rings is 1. The van der Waals surface area contributed by atoms with E-state index in [9.17, 15) is 9.90 Å². The summed E-state index contributed by atoms with van der Waals surface area (Å²) < 4.78 is 2.10. The van der Waals surface area contributed by atoms with E-state index in [0.29, 0.717) is 5.92 Å². The SMILES string of the molecule is CCC(CC)C(=O)/C=C(\O)C(CC)CC.Cc1[c-]c(-[n+]2[c-]ccc3cc(C(C)C)ccc32)cc(C)c1.[Ir]. The molecule has 3 nitrogen and oxygen atoms in total. The van der Waals surface area contributed by atoms with Crippen LogP contribution in [0.4, 0.5) is 0 Å². The molecule has 37 heavy (non-hydrogen) atoms. The first-order chi connectivity index (χ1) is 17.1. The standard InChI is InChI=1S/C20H20N.C13H24O2.Ir/c1-14(2)17-7-8-20-18(13-17)6-5-9-21(20)19-11-15(3)10-16(4)12-19;1-5-10(6-2)12(14)9-13(15)11(7-3)8-4;/h5-8,10-11,13-14H,1-4H3;9-11,14H,5-8H2,1-4H3;/q-1;;/b;12-9-;. The van der Waals surface area contributed by atoms with Crippen molar-refractivity contribution in [2.75, 3.05) is 0 Å². The van der Waals surface area contributed by atoms with Gasteiger partial charge in [0.1, 0.15) is 5.52 Å². The molecule has 1 N–H and O–H groups in total. The molecule has 0 aliphatic rings. The monoisotopic (exact) mass is 679 g/mol. The van der Waals surface area contributed by atoms with Gasteiger partial charge in [0.15, 0.2) is 12.0 Å². The Morgan fingerprint density at radius 1 is 0.946 bits per heavy atom. The van der Waals surface area contributed by atoms with Crippen molar-refractivity contribution in [3.63, 3.8) is 0 Å². The van der Waals surface area contributed by atoms with E-state index >= 15 is 0 Å². The average molecular weight is 679 g/mol. The molecule has 0 atom stereocenters. The zero-order valence-corrected chi connectivity index (χ0v) is 26.2. The predicted molar refractivity (Wildman–Crippen MR) is 151 cm³/mol. The molecule has 3 rings (SSSR count). The average Bonchev–Trinajstić information content (AvgIpc) is 2.84. The molecule has 0 saturated heterocycles. The van der Waals surface area contributed by atoms with Gasteiger partial charge in [-0.2, -0.15) is 23.3 Å². The zero-order valence-electron chi connectivity index (χ0n) is 23.8. The van der Waals surface area contributed by atoms with Gasteiger partial charge < -0.3 is 9.67 Å². The van der Waals surface area contributed by atoms with Crippen LogP contribution in [0.2, 0.25) is 0 Å². The Balaban J connectivity index is 0.000000384. The van der Waals surface area contributed by atoms with Crippen molar-refractivity contribution in [2.45, 2.75) is 87.0 Å².